The minimum absolute atomic E-state index is 0.0946. The summed E-state index contributed by atoms with van der Waals surface area (Å²) in [5.41, 5.74) is 0.0946. The van der Waals surface area contributed by atoms with Gasteiger partial charge in [0.25, 0.3) is 0 Å². The third-order valence-corrected chi connectivity index (χ3v) is 5.13. The molecule has 3 heteroatoms. The van der Waals surface area contributed by atoms with Crippen LogP contribution in [0.1, 0.15) is 57.8 Å². The van der Waals surface area contributed by atoms with Crippen molar-refractivity contribution in [1.82, 2.24) is 0 Å². The third-order valence-electron chi connectivity index (χ3n) is 4.11. The number of ether oxygens (including phenoxy) is 2. The van der Waals surface area contributed by atoms with E-state index in [-0.39, 0.29) is 5.60 Å². The highest BCUT2D eigenvalue weighted by molar-refractivity contribution is 9.09. The summed E-state index contributed by atoms with van der Waals surface area (Å²) < 4.78 is 12.0. The van der Waals surface area contributed by atoms with Crippen LogP contribution < -0.4 is 0 Å². The number of rotatable bonds is 4. The molecule has 1 saturated carbocycles. The molecule has 0 aromatic rings. The molecule has 0 aromatic heterocycles. The van der Waals surface area contributed by atoms with E-state index in [1.165, 1.54) is 57.8 Å². The van der Waals surface area contributed by atoms with Gasteiger partial charge in [-0.3, -0.25) is 0 Å². The van der Waals surface area contributed by atoms with Crippen LogP contribution in [-0.2, 0) is 9.47 Å². The maximum atomic E-state index is 6.27. The summed E-state index contributed by atoms with van der Waals surface area (Å²) in [4.78, 5) is 0. The van der Waals surface area contributed by atoms with Gasteiger partial charge in [0, 0.05) is 11.9 Å². The molecular weight excluding hydrogens is 280 g/mol. The number of halogens is 1. The molecule has 0 N–H and O–H groups in total. The Morgan fingerprint density at radius 1 is 1.06 bits per heavy atom. The Morgan fingerprint density at radius 2 is 1.82 bits per heavy atom. The Kier molecular flexibility index (Phi) is 5.78. The molecule has 1 heterocycles. The molecule has 1 aliphatic heterocycles. The zero-order chi connectivity index (χ0) is 12.0. The SMILES string of the molecule is BrCC1(OCC2CCCCO2)CCCCCC1. The Bertz CT molecular complexity index is 206. The Balaban J connectivity index is 1.80. The van der Waals surface area contributed by atoms with E-state index in [1.54, 1.807) is 0 Å². The second kappa shape index (κ2) is 7.10. The first kappa shape index (κ1) is 13.8. The van der Waals surface area contributed by atoms with Crippen molar-refractivity contribution in [2.45, 2.75) is 69.5 Å². The average Bonchev–Trinajstić information content (AvgIpc) is 2.64. The summed E-state index contributed by atoms with van der Waals surface area (Å²) in [6.07, 6.45) is 11.9. The van der Waals surface area contributed by atoms with Crippen molar-refractivity contribution in [3.05, 3.63) is 0 Å². The standard InChI is InChI=1S/C14H25BrO2/c15-12-14(8-4-1-2-5-9-14)17-11-13-7-3-6-10-16-13/h13H,1-12H2. The van der Waals surface area contributed by atoms with Gasteiger partial charge < -0.3 is 9.47 Å². The van der Waals surface area contributed by atoms with Crippen molar-refractivity contribution in [2.24, 2.45) is 0 Å². The second-order valence-corrected chi connectivity index (χ2v) is 6.09. The number of hydrogen-bond donors (Lipinski definition) is 0. The van der Waals surface area contributed by atoms with Gasteiger partial charge in [0.05, 0.1) is 18.3 Å². The first-order valence-electron chi connectivity index (χ1n) is 7.16. The van der Waals surface area contributed by atoms with Gasteiger partial charge in [-0.15, -0.1) is 0 Å². The Hall–Kier alpha value is 0.400. The fourth-order valence-electron chi connectivity index (χ4n) is 2.90. The lowest BCUT2D eigenvalue weighted by atomic mass is 9.96. The smallest absolute Gasteiger partial charge is 0.0808 e. The molecule has 17 heavy (non-hydrogen) atoms. The second-order valence-electron chi connectivity index (χ2n) is 5.53. The van der Waals surface area contributed by atoms with E-state index in [9.17, 15) is 0 Å². The lowest BCUT2D eigenvalue weighted by molar-refractivity contribution is -0.102. The molecule has 0 amide bonds. The van der Waals surface area contributed by atoms with Crippen molar-refractivity contribution in [1.29, 1.82) is 0 Å². The zero-order valence-corrected chi connectivity index (χ0v) is 12.3. The average molecular weight is 305 g/mol. The van der Waals surface area contributed by atoms with Crippen molar-refractivity contribution >= 4 is 15.9 Å². The van der Waals surface area contributed by atoms with Gasteiger partial charge in [-0.1, -0.05) is 41.6 Å². The molecule has 0 bridgehead atoms. The van der Waals surface area contributed by atoms with Crippen LogP contribution in [0.5, 0.6) is 0 Å². The summed E-state index contributed by atoms with van der Waals surface area (Å²) >= 11 is 3.66. The van der Waals surface area contributed by atoms with Crippen LogP contribution >= 0.6 is 15.9 Å². The van der Waals surface area contributed by atoms with Gasteiger partial charge in [0.15, 0.2) is 0 Å². The van der Waals surface area contributed by atoms with Crippen LogP contribution in [0.3, 0.4) is 0 Å². The lowest BCUT2D eigenvalue weighted by Gasteiger charge is -2.33. The van der Waals surface area contributed by atoms with Gasteiger partial charge in [-0.25, -0.2) is 0 Å². The van der Waals surface area contributed by atoms with Crippen LogP contribution in [0.4, 0.5) is 0 Å². The fourth-order valence-corrected chi connectivity index (χ4v) is 3.62. The van der Waals surface area contributed by atoms with Crippen molar-refractivity contribution in [3.8, 4) is 0 Å². The highest BCUT2D eigenvalue weighted by atomic mass is 79.9. The van der Waals surface area contributed by atoms with Gasteiger partial charge in [0.1, 0.15) is 0 Å². The third kappa shape index (κ3) is 4.22. The summed E-state index contributed by atoms with van der Waals surface area (Å²) in [6.45, 7) is 1.72. The normalized spacial score (nSPS) is 29.8. The first-order chi connectivity index (χ1) is 8.35. The van der Waals surface area contributed by atoms with Crippen LogP contribution in [-0.4, -0.2) is 30.2 Å². The van der Waals surface area contributed by atoms with Crippen LogP contribution in [0, 0.1) is 0 Å². The van der Waals surface area contributed by atoms with Crippen LogP contribution in [0.25, 0.3) is 0 Å². The molecule has 2 fully saturated rings. The molecular formula is C14H25BrO2. The minimum Gasteiger partial charge on any atom is -0.376 e. The highest BCUT2D eigenvalue weighted by Gasteiger charge is 2.31. The van der Waals surface area contributed by atoms with Crippen molar-refractivity contribution in [2.75, 3.05) is 18.5 Å². The Labute approximate surface area is 114 Å². The zero-order valence-electron chi connectivity index (χ0n) is 10.8. The van der Waals surface area contributed by atoms with E-state index in [1.807, 2.05) is 0 Å². The number of hydrogen-bond acceptors (Lipinski definition) is 2. The monoisotopic (exact) mass is 304 g/mol. The molecule has 2 rings (SSSR count). The molecule has 1 saturated heterocycles. The van der Waals surface area contributed by atoms with E-state index in [4.69, 9.17) is 9.47 Å². The number of alkyl halides is 1. The molecule has 0 spiro atoms. The molecule has 1 atom stereocenters. The molecule has 2 aliphatic rings. The quantitative estimate of drug-likeness (QED) is 0.576. The van der Waals surface area contributed by atoms with E-state index in [0.717, 1.165) is 18.5 Å². The van der Waals surface area contributed by atoms with E-state index >= 15 is 0 Å². The summed E-state index contributed by atoms with van der Waals surface area (Å²) in [6, 6.07) is 0. The lowest BCUT2D eigenvalue weighted by Crippen LogP contribution is -2.38. The van der Waals surface area contributed by atoms with Crippen LogP contribution in [0.2, 0.25) is 0 Å². The fraction of sp³-hybridized carbons (Fsp3) is 1.00. The van der Waals surface area contributed by atoms with Crippen molar-refractivity contribution < 1.29 is 9.47 Å². The minimum atomic E-state index is 0.0946. The highest BCUT2D eigenvalue weighted by Crippen LogP contribution is 2.32. The largest absolute Gasteiger partial charge is 0.376 e. The topological polar surface area (TPSA) is 18.5 Å². The van der Waals surface area contributed by atoms with Gasteiger partial charge >= 0.3 is 0 Å². The maximum Gasteiger partial charge on any atom is 0.0808 e. The molecule has 1 unspecified atom stereocenters. The molecule has 0 aromatic carbocycles. The molecule has 1 aliphatic carbocycles. The molecule has 100 valence electrons. The first-order valence-corrected chi connectivity index (χ1v) is 8.28. The van der Waals surface area contributed by atoms with Gasteiger partial charge in [-0.05, 0) is 32.1 Å². The van der Waals surface area contributed by atoms with E-state index in [0.29, 0.717) is 6.10 Å². The van der Waals surface area contributed by atoms with Gasteiger partial charge in [-0.2, -0.15) is 0 Å². The maximum absolute atomic E-state index is 6.27. The summed E-state index contributed by atoms with van der Waals surface area (Å²) in [5.74, 6) is 0. The van der Waals surface area contributed by atoms with E-state index < -0.39 is 0 Å². The Morgan fingerprint density at radius 3 is 2.41 bits per heavy atom. The molecule has 0 radical (unpaired) electrons. The predicted octanol–water partition coefficient (Wildman–Crippen LogP) is 4.06. The van der Waals surface area contributed by atoms with Crippen LogP contribution in [0.15, 0.2) is 0 Å². The van der Waals surface area contributed by atoms with Crippen molar-refractivity contribution in [3.63, 3.8) is 0 Å². The summed E-state index contributed by atoms with van der Waals surface area (Å²) in [5, 5.41) is 0.979. The summed E-state index contributed by atoms with van der Waals surface area (Å²) in [7, 11) is 0. The van der Waals surface area contributed by atoms with Gasteiger partial charge in [0.2, 0.25) is 0 Å². The van der Waals surface area contributed by atoms with E-state index in [2.05, 4.69) is 15.9 Å². The molecule has 2 nitrogen and oxygen atoms in total. The predicted molar refractivity (Wildman–Crippen MR) is 73.8 cm³/mol.